The number of alkyl halides is 1. The van der Waals surface area contributed by atoms with Crippen LogP contribution in [0.2, 0.25) is 0 Å². The molecule has 27 heavy (non-hydrogen) atoms. The lowest BCUT2D eigenvalue weighted by Gasteiger charge is -2.19. The van der Waals surface area contributed by atoms with E-state index < -0.39 is 43.0 Å². The zero-order chi connectivity index (χ0) is 19.1. The summed E-state index contributed by atoms with van der Waals surface area (Å²) in [6.45, 7) is -1.19. The molecule has 0 spiro atoms. The maximum atomic E-state index is 14.3. The first kappa shape index (κ1) is 17.0. The van der Waals surface area contributed by atoms with Crippen molar-refractivity contribution >= 4 is 23.6 Å². The number of benzene rings is 2. The summed E-state index contributed by atoms with van der Waals surface area (Å²) in [7, 11) is 0. The third-order valence-electron chi connectivity index (χ3n) is 4.40. The van der Waals surface area contributed by atoms with Crippen molar-refractivity contribution in [1.82, 2.24) is 9.96 Å². The predicted molar refractivity (Wildman–Crippen MR) is 89.6 cm³/mol. The number of hydrogen-bond donors (Lipinski definition) is 0. The Labute approximate surface area is 152 Å². The van der Waals surface area contributed by atoms with Crippen LogP contribution in [-0.2, 0) is 4.84 Å². The number of hydroxylamine groups is 2. The van der Waals surface area contributed by atoms with Gasteiger partial charge in [-0.2, -0.15) is 0 Å². The fraction of sp³-hybridized carbons (Fsp3) is 0.158. The summed E-state index contributed by atoms with van der Waals surface area (Å²) in [6.07, 6.45) is -1.77. The molecule has 7 nitrogen and oxygen atoms in total. The van der Waals surface area contributed by atoms with Gasteiger partial charge in [-0.1, -0.05) is 24.3 Å². The molecule has 0 aliphatic carbocycles. The second-order valence-electron chi connectivity index (χ2n) is 6.11. The van der Waals surface area contributed by atoms with Crippen LogP contribution in [0.25, 0.3) is 0 Å². The molecule has 2 aromatic carbocycles. The van der Waals surface area contributed by atoms with Crippen molar-refractivity contribution in [2.75, 3.05) is 13.2 Å². The molecule has 0 saturated heterocycles. The monoisotopic (exact) mass is 368 g/mol. The Morgan fingerprint density at radius 1 is 0.741 bits per heavy atom. The van der Waals surface area contributed by atoms with Crippen LogP contribution >= 0.6 is 0 Å². The van der Waals surface area contributed by atoms with Gasteiger partial charge in [0.2, 0.25) is 0 Å². The summed E-state index contributed by atoms with van der Waals surface area (Å²) >= 11 is 0. The SMILES string of the molecule is O=C1c2ccccc2C(=O)N1CC(F)CON1C(=O)c2ccccc2C1=O. The van der Waals surface area contributed by atoms with Gasteiger partial charge < -0.3 is 0 Å². The Balaban J connectivity index is 1.40. The van der Waals surface area contributed by atoms with E-state index >= 15 is 0 Å². The molecule has 1 atom stereocenters. The van der Waals surface area contributed by atoms with Gasteiger partial charge in [-0.05, 0) is 24.3 Å². The van der Waals surface area contributed by atoms with E-state index in [9.17, 15) is 23.6 Å². The van der Waals surface area contributed by atoms with Crippen molar-refractivity contribution in [1.29, 1.82) is 0 Å². The molecule has 4 amide bonds. The number of fused-ring (bicyclic) bond motifs is 2. The highest BCUT2D eigenvalue weighted by molar-refractivity contribution is 6.21. The van der Waals surface area contributed by atoms with Crippen molar-refractivity contribution in [3.8, 4) is 0 Å². The molecule has 0 aromatic heterocycles. The minimum absolute atomic E-state index is 0.179. The van der Waals surface area contributed by atoms with Crippen LogP contribution < -0.4 is 0 Å². The molecule has 2 heterocycles. The van der Waals surface area contributed by atoms with Gasteiger partial charge in [0.15, 0.2) is 0 Å². The molecular weight excluding hydrogens is 355 g/mol. The van der Waals surface area contributed by atoms with Crippen molar-refractivity contribution < 1.29 is 28.4 Å². The third kappa shape index (κ3) is 2.70. The highest BCUT2D eigenvalue weighted by Crippen LogP contribution is 2.24. The molecule has 2 aliphatic heterocycles. The third-order valence-corrected chi connectivity index (χ3v) is 4.40. The topological polar surface area (TPSA) is 84.0 Å². The zero-order valence-corrected chi connectivity index (χ0v) is 13.9. The van der Waals surface area contributed by atoms with Crippen LogP contribution in [0.1, 0.15) is 41.4 Å². The highest BCUT2D eigenvalue weighted by atomic mass is 19.1. The van der Waals surface area contributed by atoms with E-state index in [1.54, 1.807) is 24.3 Å². The van der Waals surface area contributed by atoms with Crippen molar-refractivity contribution in [3.05, 3.63) is 70.8 Å². The van der Waals surface area contributed by atoms with Gasteiger partial charge in [0.05, 0.1) is 28.8 Å². The van der Waals surface area contributed by atoms with E-state index in [1.165, 1.54) is 24.3 Å². The van der Waals surface area contributed by atoms with Crippen LogP contribution in [-0.4, -0.2) is 52.9 Å². The van der Waals surface area contributed by atoms with E-state index in [1.807, 2.05) is 0 Å². The van der Waals surface area contributed by atoms with E-state index in [0.717, 1.165) is 4.90 Å². The average Bonchev–Trinajstić information content (AvgIpc) is 3.07. The molecule has 2 aromatic rings. The van der Waals surface area contributed by atoms with Crippen LogP contribution in [0, 0.1) is 0 Å². The summed E-state index contributed by atoms with van der Waals surface area (Å²) < 4.78 is 14.3. The quantitative estimate of drug-likeness (QED) is 0.752. The number of carbonyl (C=O) groups is 4. The normalized spacial score (nSPS) is 16.8. The summed E-state index contributed by atoms with van der Waals surface area (Å²) in [5.74, 6) is -2.52. The largest absolute Gasteiger partial charge is 0.285 e. The van der Waals surface area contributed by atoms with Crippen LogP contribution in [0.4, 0.5) is 4.39 Å². The minimum atomic E-state index is -1.77. The lowest BCUT2D eigenvalue weighted by atomic mass is 10.1. The maximum absolute atomic E-state index is 14.3. The summed E-state index contributed by atoms with van der Waals surface area (Å²) in [4.78, 5) is 54.6. The molecule has 4 rings (SSSR count). The number of amides is 4. The first-order valence-electron chi connectivity index (χ1n) is 8.19. The van der Waals surface area contributed by atoms with Crippen molar-refractivity contribution in [3.63, 3.8) is 0 Å². The van der Waals surface area contributed by atoms with E-state index in [4.69, 9.17) is 4.84 Å². The molecule has 0 radical (unpaired) electrons. The smallest absolute Gasteiger partial charge is 0.271 e. The lowest BCUT2D eigenvalue weighted by Crippen LogP contribution is -2.39. The number of rotatable bonds is 5. The second-order valence-corrected chi connectivity index (χ2v) is 6.11. The fourth-order valence-corrected chi connectivity index (χ4v) is 3.10. The number of imide groups is 2. The Kier molecular flexibility index (Phi) is 4.04. The average molecular weight is 368 g/mol. The van der Waals surface area contributed by atoms with Gasteiger partial charge in [0.1, 0.15) is 12.8 Å². The highest BCUT2D eigenvalue weighted by Gasteiger charge is 2.39. The van der Waals surface area contributed by atoms with Gasteiger partial charge in [0, 0.05) is 0 Å². The van der Waals surface area contributed by atoms with Gasteiger partial charge in [-0.25, -0.2) is 4.39 Å². The van der Waals surface area contributed by atoms with E-state index in [2.05, 4.69) is 0 Å². The number of halogens is 1. The number of nitrogens with zero attached hydrogens (tertiary/aromatic N) is 2. The number of carbonyl (C=O) groups excluding carboxylic acids is 4. The Bertz CT molecular complexity index is 920. The van der Waals surface area contributed by atoms with Crippen LogP contribution in [0.5, 0.6) is 0 Å². The zero-order valence-electron chi connectivity index (χ0n) is 13.9. The molecule has 8 heteroatoms. The second kappa shape index (κ2) is 6.40. The van der Waals surface area contributed by atoms with Crippen LogP contribution in [0.15, 0.2) is 48.5 Å². The fourth-order valence-electron chi connectivity index (χ4n) is 3.10. The van der Waals surface area contributed by atoms with E-state index in [-0.39, 0.29) is 22.3 Å². The predicted octanol–water partition coefficient (Wildman–Crippen LogP) is 1.85. The van der Waals surface area contributed by atoms with Crippen LogP contribution in [0.3, 0.4) is 0 Å². The van der Waals surface area contributed by atoms with Crippen molar-refractivity contribution in [2.24, 2.45) is 0 Å². The molecule has 0 N–H and O–H groups in total. The van der Waals surface area contributed by atoms with Gasteiger partial charge in [-0.15, -0.1) is 5.06 Å². The number of hydrogen-bond acceptors (Lipinski definition) is 5. The minimum Gasteiger partial charge on any atom is -0.271 e. The first-order valence-corrected chi connectivity index (χ1v) is 8.19. The van der Waals surface area contributed by atoms with Crippen molar-refractivity contribution in [2.45, 2.75) is 6.17 Å². The first-order chi connectivity index (χ1) is 13.0. The Morgan fingerprint density at radius 3 is 1.59 bits per heavy atom. The molecule has 0 fully saturated rings. The summed E-state index contributed by atoms with van der Waals surface area (Å²) in [6, 6.07) is 12.4. The molecular formula is C19H13FN2O5. The van der Waals surface area contributed by atoms with Gasteiger partial charge >= 0.3 is 0 Å². The summed E-state index contributed by atoms with van der Waals surface area (Å²) in [5.41, 5.74) is 0.795. The molecule has 1 unspecified atom stereocenters. The van der Waals surface area contributed by atoms with E-state index in [0.29, 0.717) is 5.06 Å². The Morgan fingerprint density at radius 2 is 1.15 bits per heavy atom. The Hall–Kier alpha value is -3.39. The standard InChI is InChI=1S/C19H13FN2O5/c20-11(9-21-16(23)12-5-1-2-6-13(12)17(21)24)10-27-22-18(25)14-7-3-4-8-15(14)19(22)26/h1-8,11H,9-10H2. The van der Waals surface area contributed by atoms with Gasteiger partial charge in [0.25, 0.3) is 23.6 Å². The maximum Gasteiger partial charge on any atom is 0.285 e. The summed E-state index contributed by atoms with van der Waals surface area (Å²) in [5, 5.41) is 0.500. The molecule has 2 aliphatic rings. The molecule has 0 bridgehead atoms. The van der Waals surface area contributed by atoms with Gasteiger partial charge in [-0.3, -0.25) is 28.9 Å². The lowest BCUT2D eigenvalue weighted by molar-refractivity contribution is -0.107. The molecule has 136 valence electrons. The molecule has 0 saturated carbocycles.